The Morgan fingerprint density at radius 1 is 0.812 bits per heavy atom. The number of hydrogen-bond acceptors (Lipinski definition) is 6. The number of likely N-dealkylation sites (tertiary alicyclic amines) is 1. The monoisotopic (exact) mass is 666 g/mol. The van der Waals surface area contributed by atoms with Crippen LogP contribution in [0.2, 0.25) is 0 Å². The molecular formula is C40H67N5O3. The molecule has 48 heavy (non-hydrogen) atoms. The van der Waals surface area contributed by atoms with Crippen LogP contribution in [0.1, 0.15) is 111 Å². The summed E-state index contributed by atoms with van der Waals surface area (Å²) >= 11 is 0. The number of nitrogens with zero attached hydrogens (tertiary/aromatic N) is 3. The lowest BCUT2D eigenvalue weighted by Crippen LogP contribution is -2.58. The number of piperazine rings is 1. The van der Waals surface area contributed by atoms with E-state index in [4.69, 9.17) is 4.74 Å². The van der Waals surface area contributed by atoms with E-state index in [1.54, 1.807) is 0 Å². The third-order valence-corrected chi connectivity index (χ3v) is 16.5. The van der Waals surface area contributed by atoms with Gasteiger partial charge in [-0.05, 0) is 136 Å². The molecule has 0 aromatic heterocycles. The molecule has 4 heterocycles. The van der Waals surface area contributed by atoms with E-state index < -0.39 is 0 Å². The number of piperidine rings is 1. The quantitative estimate of drug-likeness (QED) is 0.384. The van der Waals surface area contributed by atoms with Crippen molar-refractivity contribution >= 4 is 11.8 Å². The number of amides is 2. The third-order valence-electron chi connectivity index (χ3n) is 16.5. The molecule has 4 aliphatic carbocycles. The van der Waals surface area contributed by atoms with Crippen LogP contribution in [-0.4, -0.2) is 103 Å². The molecule has 12 atom stereocenters. The van der Waals surface area contributed by atoms with Crippen LogP contribution in [0.25, 0.3) is 0 Å². The highest BCUT2D eigenvalue weighted by Gasteiger charge is 2.68. The predicted molar refractivity (Wildman–Crippen MR) is 189 cm³/mol. The smallest absolute Gasteiger partial charge is 0.232 e. The van der Waals surface area contributed by atoms with Gasteiger partial charge in [-0.1, -0.05) is 27.7 Å². The van der Waals surface area contributed by atoms with Crippen molar-refractivity contribution in [3.05, 3.63) is 0 Å². The second kappa shape index (κ2) is 13.1. The number of nitrogens with one attached hydrogen (secondary N) is 2. The molecule has 270 valence electrons. The molecule has 2 amide bonds. The second-order valence-corrected chi connectivity index (χ2v) is 18.8. The van der Waals surface area contributed by atoms with Crippen LogP contribution in [0, 0.1) is 52.3 Å². The molecule has 8 aliphatic rings. The van der Waals surface area contributed by atoms with Crippen LogP contribution in [0.15, 0.2) is 0 Å². The first-order valence-electron chi connectivity index (χ1n) is 20.5. The van der Waals surface area contributed by atoms with Gasteiger partial charge in [0.2, 0.25) is 11.8 Å². The summed E-state index contributed by atoms with van der Waals surface area (Å²) in [5.41, 5.74) is 0.703. The molecule has 0 bridgehead atoms. The molecule has 8 nitrogen and oxygen atoms in total. The zero-order valence-electron chi connectivity index (χ0n) is 30.8. The van der Waals surface area contributed by atoms with Crippen LogP contribution in [0.3, 0.4) is 0 Å². The first-order chi connectivity index (χ1) is 23.1. The molecule has 0 aromatic rings. The molecular weight excluding hydrogens is 598 g/mol. The summed E-state index contributed by atoms with van der Waals surface area (Å²) in [6.07, 6.45) is 15.6. The zero-order chi connectivity index (χ0) is 33.3. The van der Waals surface area contributed by atoms with Gasteiger partial charge in [-0.2, -0.15) is 0 Å². The highest BCUT2D eigenvalue weighted by molar-refractivity contribution is 5.97. The van der Waals surface area contributed by atoms with Gasteiger partial charge in [0, 0.05) is 57.8 Å². The van der Waals surface area contributed by atoms with Gasteiger partial charge < -0.3 is 19.9 Å². The normalized spacial score (nSPS) is 47.8. The standard InChI is InChI=1S/C40H67N5O3/c1-27-9-14-40(41-26-27)28(2)37-34(48-40)24-33-31-8-7-29-23-30(10-12-38(29,3)32(31)11-13-39(33,37)4)42-35(46)25-36(47)45-21-19-44(20-22-45)18-17-43-15-5-6-16-43/h27-34,37,41H,5-26H2,1-4H3,(H,42,46)/t27-,28+,29-,30+,31-,32+,33+,34+,37+,38+,39+,40-/m1/s1. The van der Waals surface area contributed by atoms with Crippen LogP contribution < -0.4 is 10.6 Å². The van der Waals surface area contributed by atoms with Crippen molar-refractivity contribution in [2.24, 2.45) is 52.3 Å². The number of rotatable bonds is 6. The lowest BCUT2D eigenvalue weighted by atomic mass is 9.44. The lowest BCUT2D eigenvalue weighted by Gasteiger charge is -2.61. The molecule has 1 spiro atoms. The SMILES string of the molecule is C[C@@H]1CC[C@@]2(NC1)O[C@H]1C[C@H]3[C@@H]4CC[C@@H]5C[C@@H](NC(=O)CC(=O)N6CCN(CCN7CCCC7)CC6)CC[C@]5(C)[C@H]4CC[C@]3(C)[C@H]1[C@@H]2C. The summed E-state index contributed by atoms with van der Waals surface area (Å²) < 4.78 is 7.11. The van der Waals surface area contributed by atoms with Crippen molar-refractivity contribution < 1.29 is 14.3 Å². The number of ether oxygens (including phenoxy) is 1. The van der Waals surface area contributed by atoms with E-state index in [0.29, 0.717) is 34.7 Å². The van der Waals surface area contributed by atoms with E-state index in [1.807, 2.05) is 4.90 Å². The summed E-state index contributed by atoms with van der Waals surface area (Å²) in [5, 5.41) is 7.27. The molecule has 4 saturated carbocycles. The van der Waals surface area contributed by atoms with Gasteiger partial charge >= 0.3 is 0 Å². The van der Waals surface area contributed by atoms with Crippen LogP contribution in [0.4, 0.5) is 0 Å². The molecule has 8 heteroatoms. The van der Waals surface area contributed by atoms with E-state index in [9.17, 15) is 9.59 Å². The Hall–Kier alpha value is -1.22. The zero-order valence-corrected chi connectivity index (χ0v) is 30.8. The Morgan fingerprint density at radius 2 is 1.54 bits per heavy atom. The first-order valence-corrected chi connectivity index (χ1v) is 20.5. The fourth-order valence-electron chi connectivity index (χ4n) is 13.6. The largest absolute Gasteiger partial charge is 0.357 e. The summed E-state index contributed by atoms with van der Waals surface area (Å²) in [6, 6.07) is 0.221. The molecule has 0 radical (unpaired) electrons. The fourth-order valence-corrected chi connectivity index (χ4v) is 13.6. The van der Waals surface area contributed by atoms with Gasteiger partial charge in [0.1, 0.15) is 12.1 Å². The lowest BCUT2D eigenvalue weighted by molar-refractivity contribution is -0.140. The average Bonchev–Trinajstić information content (AvgIpc) is 3.77. The summed E-state index contributed by atoms with van der Waals surface area (Å²) in [6.45, 7) is 19.4. The maximum atomic E-state index is 13.2. The molecule has 4 saturated heterocycles. The highest BCUT2D eigenvalue weighted by atomic mass is 16.5. The number of hydrogen-bond donors (Lipinski definition) is 2. The Kier molecular flexibility index (Phi) is 9.24. The van der Waals surface area contributed by atoms with Crippen LogP contribution >= 0.6 is 0 Å². The maximum Gasteiger partial charge on any atom is 0.232 e. The summed E-state index contributed by atoms with van der Waals surface area (Å²) in [7, 11) is 0. The first kappa shape index (κ1) is 33.9. The van der Waals surface area contributed by atoms with Crippen molar-refractivity contribution in [3.63, 3.8) is 0 Å². The molecule has 0 unspecified atom stereocenters. The van der Waals surface area contributed by atoms with E-state index in [2.05, 4.69) is 48.1 Å². The fraction of sp³-hybridized carbons (Fsp3) is 0.950. The van der Waals surface area contributed by atoms with E-state index in [0.717, 1.165) is 82.3 Å². The molecule has 2 N–H and O–H groups in total. The van der Waals surface area contributed by atoms with Crippen molar-refractivity contribution in [2.75, 3.05) is 58.9 Å². The minimum atomic E-state index is -0.0778. The van der Waals surface area contributed by atoms with Gasteiger partial charge in [0.05, 0.1) is 6.10 Å². The minimum Gasteiger partial charge on any atom is -0.357 e. The minimum absolute atomic E-state index is 0.00975. The van der Waals surface area contributed by atoms with Crippen molar-refractivity contribution in [3.8, 4) is 0 Å². The van der Waals surface area contributed by atoms with Crippen molar-refractivity contribution in [1.29, 1.82) is 0 Å². The van der Waals surface area contributed by atoms with Crippen molar-refractivity contribution in [1.82, 2.24) is 25.3 Å². The topological polar surface area (TPSA) is 77.1 Å². The van der Waals surface area contributed by atoms with Crippen LogP contribution in [-0.2, 0) is 14.3 Å². The average molecular weight is 666 g/mol. The molecule has 8 rings (SSSR count). The van der Waals surface area contributed by atoms with E-state index >= 15 is 0 Å². The molecule has 4 aliphatic heterocycles. The number of fused-ring (bicyclic) bond motifs is 7. The van der Waals surface area contributed by atoms with Gasteiger partial charge in [-0.15, -0.1) is 0 Å². The molecule has 0 aromatic carbocycles. The van der Waals surface area contributed by atoms with Crippen LogP contribution in [0.5, 0.6) is 0 Å². The Balaban J connectivity index is 0.820. The predicted octanol–water partition coefficient (Wildman–Crippen LogP) is 5.12. The summed E-state index contributed by atoms with van der Waals surface area (Å²) in [4.78, 5) is 33.2. The van der Waals surface area contributed by atoms with Crippen molar-refractivity contribution in [2.45, 2.75) is 129 Å². The second-order valence-electron chi connectivity index (χ2n) is 18.8. The number of carbonyl (C=O) groups excluding carboxylic acids is 2. The summed E-state index contributed by atoms with van der Waals surface area (Å²) in [5.74, 6) is 5.09. The van der Waals surface area contributed by atoms with Gasteiger partial charge in [-0.25, -0.2) is 0 Å². The Labute approximate surface area is 291 Å². The highest BCUT2D eigenvalue weighted by Crippen LogP contribution is 2.71. The maximum absolute atomic E-state index is 13.2. The third kappa shape index (κ3) is 5.88. The van der Waals surface area contributed by atoms with E-state index in [-0.39, 0.29) is 30.0 Å². The van der Waals surface area contributed by atoms with E-state index in [1.165, 1.54) is 77.3 Å². The Morgan fingerprint density at radius 3 is 2.27 bits per heavy atom. The molecule has 8 fully saturated rings. The Bertz CT molecular complexity index is 1190. The van der Waals surface area contributed by atoms with Gasteiger partial charge in [0.15, 0.2) is 0 Å². The van der Waals surface area contributed by atoms with Gasteiger partial charge in [-0.3, -0.25) is 19.8 Å². The van der Waals surface area contributed by atoms with Gasteiger partial charge in [0.25, 0.3) is 0 Å². The number of carbonyl (C=O) groups is 2.